The van der Waals surface area contributed by atoms with Crippen LogP contribution in [0.15, 0.2) is 66.9 Å². The van der Waals surface area contributed by atoms with Crippen molar-refractivity contribution in [1.82, 2.24) is 24.4 Å². The predicted molar refractivity (Wildman–Crippen MR) is 171 cm³/mol. The van der Waals surface area contributed by atoms with E-state index in [0.717, 1.165) is 41.8 Å². The molecular formula is C34H36F3N7O2. The van der Waals surface area contributed by atoms with E-state index < -0.39 is 24.9 Å². The highest BCUT2D eigenvalue weighted by Gasteiger charge is 2.30. The first kappa shape index (κ1) is 31.1. The van der Waals surface area contributed by atoms with E-state index in [0.29, 0.717) is 36.7 Å². The fourth-order valence-corrected chi connectivity index (χ4v) is 6.09. The molecule has 2 aliphatic heterocycles. The quantitative estimate of drug-likeness (QED) is 0.254. The van der Waals surface area contributed by atoms with E-state index in [9.17, 15) is 22.8 Å². The SMILES string of the molecule is CN(Cc1ccc2c(c1)CCCN2C)C(=O)c1ccc(Nc2nc3c(C4=CCN(C(=O)CCC(F)(F)F)CC4)cccn3n2)cc1. The van der Waals surface area contributed by atoms with Gasteiger partial charge in [-0.1, -0.05) is 18.2 Å². The van der Waals surface area contributed by atoms with Gasteiger partial charge in [-0.05, 0) is 78.4 Å². The summed E-state index contributed by atoms with van der Waals surface area (Å²) in [6.07, 6.45) is 0.330. The molecule has 9 nitrogen and oxygen atoms in total. The normalized spacial score (nSPS) is 15.0. The number of benzene rings is 2. The molecule has 4 heterocycles. The molecule has 0 aliphatic carbocycles. The van der Waals surface area contributed by atoms with E-state index in [1.165, 1.54) is 16.2 Å². The van der Waals surface area contributed by atoms with E-state index in [4.69, 9.17) is 0 Å². The van der Waals surface area contributed by atoms with Crippen molar-refractivity contribution < 1.29 is 22.8 Å². The third kappa shape index (κ3) is 7.00. The maximum atomic E-state index is 13.2. The molecule has 1 N–H and O–H groups in total. The monoisotopic (exact) mass is 631 g/mol. The highest BCUT2D eigenvalue weighted by atomic mass is 19.4. The summed E-state index contributed by atoms with van der Waals surface area (Å²) in [7, 11) is 3.92. The topological polar surface area (TPSA) is 86.1 Å². The van der Waals surface area contributed by atoms with E-state index in [2.05, 4.69) is 45.5 Å². The summed E-state index contributed by atoms with van der Waals surface area (Å²) >= 11 is 0. The number of carbonyl (C=O) groups excluding carboxylic acids is 2. The summed E-state index contributed by atoms with van der Waals surface area (Å²) in [5, 5.41) is 7.74. The van der Waals surface area contributed by atoms with Crippen LogP contribution >= 0.6 is 0 Å². The molecule has 2 amide bonds. The molecule has 0 saturated carbocycles. The summed E-state index contributed by atoms with van der Waals surface area (Å²) in [4.78, 5) is 35.5. The average molecular weight is 632 g/mol. The minimum atomic E-state index is -4.35. The van der Waals surface area contributed by atoms with Gasteiger partial charge in [0, 0.05) is 75.4 Å². The third-order valence-electron chi connectivity index (χ3n) is 8.54. The molecule has 2 aliphatic rings. The van der Waals surface area contributed by atoms with Crippen molar-refractivity contribution in [1.29, 1.82) is 0 Å². The van der Waals surface area contributed by atoms with Crippen molar-refractivity contribution in [2.75, 3.05) is 43.9 Å². The molecule has 12 heteroatoms. The smallest absolute Gasteiger partial charge is 0.374 e. The Bertz CT molecular complexity index is 1780. The van der Waals surface area contributed by atoms with Gasteiger partial charge in [-0.25, -0.2) is 4.52 Å². The summed E-state index contributed by atoms with van der Waals surface area (Å²) in [6.45, 7) is 2.17. The highest BCUT2D eigenvalue weighted by molar-refractivity contribution is 5.94. The standard InChI is InChI=1S/C34H36F3N7O2/c1-41-17-3-5-26-21-23(7-12-29(26)41)22-42(2)32(46)25-8-10-27(11-9-25)38-33-39-31-28(6-4-18-44(31)40-33)24-14-19-43(20-15-24)30(45)13-16-34(35,36)37/h4,6-12,14,18,21H,3,5,13,15-17,19-20,22H2,1-2H3,(H,38,40). The number of nitrogens with zero attached hydrogens (tertiary/aromatic N) is 6. The van der Waals surface area contributed by atoms with Crippen LogP contribution in [0, 0.1) is 0 Å². The van der Waals surface area contributed by atoms with Gasteiger partial charge in [0.05, 0.1) is 6.42 Å². The van der Waals surface area contributed by atoms with Gasteiger partial charge >= 0.3 is 6.18 Å². The molecule has 0 radical (unpaired) electrons. The van der Waals surface area contributed by atoms with Crippen molar-refractivity contribution in [3.63, 3.8) is 0 Å². The van der Waals surface area contributed by atoms with E-state index in [-0.39, 0.29) is 12.5 Å². The molecule has 0 spiro atoms. The van der Waals surface area contributed by atoms with Crippen LogP contribution in [0.25, 0.3) is 11.2 Å². The lowest BCUT2D eigenvalue weighted by Gasteiger charge is -2.28. The van der Waals surface area contributed by atoms with E-state index in [1.807, 2.05) is 37.4 Å². The molecule has 2 aromatic heterocycles. The zero-order valence-electron chi connectivity index (χ0n) is 25.8. The Morgan fingerprint density at radius 2 is 1.85 bits per heavy atom. The van der Waals surface area contributed by atoms with Crippen molar-refractivity contribution in [2.45, 2.75) is 44.8 Å². The number of carbonyl (C=O) groups is 2. The first-order valence-corrected chi connectivity index (χ1v) is 15.4. The van der Waals surface area contributed by atoms with Gasteiger partial charge < -0.3 is 20.0 Å². The van der Waals surface area contributed by atoms with Crippen LogP contribution < -0.4 is 10.2 Å². The maximum absolute atomic E-state index is 13.2. The van der Waals surface area contributed by atoms with Gasteiger partial charge in [-0.2, -0.15) is 18.2 Å². The zero-order valence-corrected chi connectivity index (χ0v) is 25.8. The zero-order chi connectivity index (χ0) is 32.4. The highest BCUT2D eigenvalue weighted by Crippen LogP contribution is 2.29. The summed E-state index contributed by atoms with van der Waals surface area (Å²) in [5.41, 5.74) is 7.42. The second kappa shape index (κ2) is 12.9. The molecule has 4 aromatic rings. The third-order valence-corrected chi connectivity index (χ3v) is 8.54. The van der Waals surface area contributed by atoms with Crippen LogP contribution in [0.2, 0.25) is 0 Å². The summed E-state index contributed by atoms with van der Waals surface area (Å²) in [6, 6.07) is 17.4. The van der Waals surface area contributed by atoms with Crippen molar-refractivity contribution >= 4 is 40.4 Å². The Morgan fingerprint density at radius 3 is 2.59 bits per heavy atom. The molecule has 46 heavy (non-hydrogen) atoms. The lowest BCUT2D eigenvalue weighted by atomic mass is 9.99. The summed E-state index contributed by atoms with van der Waals surface area (Å²) in [5.74, 6) is -0.193. The van der Waals surface area contributed by atoms with Gasteiger partial charge in [0.25, 0.3) is 5.91 Å². The van der Waals surface area contributed by atoms with Crippen LogP contribution in [-0.2, 0) is 17.8 Å². The second-order valence-electron chi connectivity index (χ2n) is 11.9. The Morgan fingerprint density at radius 1 is 1.04 bits per heavy atom. The number of anilines is 3. The number of aryl methyl sites for hydroxylation is 1. The number of hydrogen-bond acceptors (Lipinski definition) is 6. The second-order valence-corrected chi connectivity index (χ2v) is 11.9. The Hall–Kier alpha value is -4.87. The number of pyridine rings is 1. The van der Waals surface area contributed by atoms with Crippen LogP contribution in [-0.4, -0.2) is 76.1 Å². The van der Waals surface area contributed by atoms with Gasteiger partial charge in [0.2, 0.25) is 11.9 Å². The lowest BCUT2D eigenvalue weighted by molar-refractivity contribution is -0.148. The number of aromatic nitrogens is 3. The van der Waals surface area contributed by atoms with Crippen molar-refractivity contribution in [3.8, 4) is 0 Å². The first-order chi connectivity index (χ1) is 22.0. The number of nitrogens with one attached hydrogen (secondary N) is 1. The van der Waals surface area contributed by atoms with Crippen molar-refractivity contribution in [2.24, 2.45) is 0 Å². The molecule has 0 bridgehead atoms. The number of fused-ring (bicyclic) bond motifs is 2. The minimum Gasteiger partial charge on any atom is -0.374 e. The Labute approximate surface area is 265 Å². The molecule has 0 saturated heterocycles. The fraction of sp³-hybridized carbons (Fsp3) is 0.353. The molecule has 240 valence electrons. The predicted octanol–water partition coefficient (Wildman–Crippen LogP) is 6.09. The number of halogens is 3. The molecule has 0 atom stereocenters. The lowest BCUT2D eigenvalue weighted by Crippen LogP contribution is -2.35. The van der Waals surface area contributed by atoms with Crippen LogP contribution in [0.4, 0.5) is 30.5 Å². The van der Waals surface area contributed by atoms with E-state index >= 15 is 0 Å². The fourth-order valence-electron chi connectivity index (χ4n) is 6.09. The summed E-state index contributed by atoms with van der Waals surface area (Å²) < 4.78 is 39.2. The Balaban J connectivity index is 1.09. The average Bonchev–Trinajstić information content (AvgIpc) is 3.46. The van der Waals surface area contributed by atoms with Gasteiger partial charge in [-0.15, -0.1) is 5.10 Å². The van der Waals surface area contributed by atoms with Crippen molar-refractivity contribution in [3.05, 3.63) is 89.1 Å². The number of hydrogen-bond donors (Lipinski definition) is 1. The molecular weight excluding hydrogens is 595 g/mol. The molecule has 2 aromatic carbocycles. The van der Waals surface area contributed by atoms with E-state index in [1.54, 1.807) is 27.7 Å². The maximum Gasteiger partial charge on any atom is 0.389 e. The van der Waals surface area contributed by atoms with Crippen LogP contribution in [0.5, 0.6) is 0 Å². The van der Waals surface area contributed by atoms with Crippen LogP contribution in [0.3, 0.4) is 0 Å². The largest absolute Gasteiger partial charge is 0.389 e. The van der Waals surface area contributed by atoms with Gasteiger partial charge in [0.1, 0.15) is 0 Å². The first-order valence-electron chi connectivity index (χ1n) is 15.4. The number of amides is 2. The Kier molecular flexibility index (Phi) is 8.70. The van der Waals surface area contributed by atoms with Gasteiger partial charge in [0.15, 0.2) is 5.65 Å². The molecule has 0 fully saturated rings. The van der Waals surface area contributed by atoms with Gasteiger partial charge in [-0.3, -0.25) is 9.59 Å². The molecule has 0 unspecified atom stereocenters. The number of rotatable bonds is 8. The van der Waals surface area contributed by atoms with Crippen LogP contribution in [0.1, 0.15) is 52.7 Å². The minimum absolute atomic E-state index is 0.0711. The number of alkyl halides is 3. The molecule has 6 rings (SSSR count).